The third-order valence-electron chi connectivity index (χ3n) is 2.28. The molecule has 1 heterocycles. The quantitative estimate of drug-likeness (QED) is 0.662. The van der Waals surface area contributed by atoms with E-state index >= 15 is 0 Å². The van der Waals surface area contributed by atoms with E-state index in [0.717, 1.165) is 11.1 Å². The van der Waals surface area contributed by atoms with E-state index in [-0.39, 0.29) is 5.69 Å². The van der Waals surface area contributed by atoms with Gasteiger partial charge in [0.25, 0.3) is 5.91 Å². The minimum absolute atomic E-state index is 0.217. The van der Waals surface area contributed by atoms with E-state index in [1.54, 1.807) is 19.2 Å². The van der Waals surface area contributed by atoms with Crippen molar-refractivity contribution in [3.63, 3.8) is 0 Å². The molecule has 0 bridgehead atoms. The second-order valence-electron chi connectivity index (χ2n) is 3.94. The maximum absolute atomic E-state index is 11.6. The fraction of sp³-hybridized carbons (Fsp3) is 0.154. The van der Waals surface area contributed by atoms with Crippen molar-refractivity contribution in [2.45, 2.75) is 13.8 Å². The zero-order valence-electron chi connectivity index (χ0n) is 10.2. The Kier molecular flexibility index (Phi) is 3.52. The molecule has 0 radical (unpaired) electrons. The van der Waals surface area contributed by atoms with Crippen molar-refractivity contribution in [2.75, 3.05) is 0 Å². The van der Waals surface area contributed by atoms with E-state index in [2.05, 4.69) is 15.7 Å². The number of benzene rings is 1. The summed E-state index contributed by atoms with van der Waals surface area (Å²) < 4.78 is 4.80. The van der Waals surface area contributed by atoms with Gasteiger partial charge in [-0.1, -0.05) is 35.0 Å². The van der Waals surface area contributed by atoms with Crippen LogP contribution in [-0.2, 0) is 0 Å². The van der Waals surface area contributed by atoms with Crippen LogP contribution in [-0.4, -0.2) is 17.3 Å². The predicted octanol–water partition coefficient (Wildman–Crippen LogP) is 2.06. The normalized spacial score (nSPS) is 10.8. The molecule has 0 aliphatic heterocycles. The van der Waals surface area contributed by atoms with Crippen LogP contribution in [0, 0.1) is 13.8 Å². The van der Waals surface area contributed by atoms with E-state index < -0.39 is 5.91 Å². The Hall–Kier alpha value is -2.43. The highest BCUT2D eigenvalue weighted by Crippen LogP contribution is 2.02. The van der Waals surface area contributed by atoms with E-state index in [9.17, 15) is 4.79 Å². The monoisotopic (exact) mass is 243 g/mol. The molecule has 0 atom stereocenters. The van der Waals surface area contributed by atoms with Gasteiger partial charge in [0.1, 0.15) is 5.76 Å². The first-order chi connectivity index (χ1) is 8.65. The fourth-order valence-electron chi connectivity index (χ4n) is 1.45. The summed E-state index contributed by atoms with van der Waals surface area (Å²) in [6.07, 6.45) is 1.58. The van der Waals surface area contributed by atoms with Crippen molar-refractivity contribution in [2.24, 2.45) is 5.10 Å². The molecule has 5 nitrogen and oxygen atoms in total. The summed E-state index contributed by atoms with van der Waals surface area (Å²) in [6, 6.07) is 9.35. The van der Waals surface area contributed by atoms with Crippen LogP contribution in [0.2, 0.25) is 0 Å². The van der Waals surface area contributed by atoms with Gasteiger partial charge >= 0.3 is 0 Å². The highest BCUT2D eigenvalue weighted by atomic mass is 16.5. The maximum Gasteiger partial charge on any atom is 0.293 e. The smallest absolute Gasteiger partial charge is 0.293 e. The van der Waals surface area contributed by atoms with Crippen LogP contribution in [0.4, 0.5) is 0 Å². The van der Waals surface area contributed by atoms with E-state index in [0.29, 0.717) is 5.76 Å². The first kappa shape index (κ1) is 12.0. The minimum atomic E-state index is -0.393. The van der Waals surface area contributed by atoms with Crippen LogP contribution >= 0.6 is 0 Å². The summed E-state index contributed by atoms with van der Waals surface area (Å²) >= 11 is 0. The summed E-state index contributed by atoms with van der Waals surface area (Å²) in [4.78, 5) is 11.6. The summed E-state index contributed by atoms with van der Waals surface area (Å²) in [7, 11) is 0. The van der Waals surface area contributed by atoms with Crippen molar-refractivity contribution in [1.29, 1.82) is 0 Å². The minimum Gasteiger partial charge on any atom is -0.361 e. The number of hydrazone groups is 1. The average molecular weight is 243 g/mol. The number of hydrogen-bond acceptors (Lipinski definition) is 4. The molecule has 92 valence electrons. The number of amides is 1. The first-order valence-corrected chi connectivity index (χ1v) is 5.48. The molecule has 5 heteroatoms. The number of rotatable bonds is 3. The number of carbonyl (C=O) groups is 1. The molecule has 0 saturated heterocycles. The van der Waals surface area contributed by atoms with Gasteiger partial charge in [-0.15, -0.1) is 0 Å². The Morgan fingerprint density at radius 3 is 2.89 bits per heavy atom. The molecule has 1 aromatic heterocycles. The van der Waals surface area contributed by atoms with Crippen LogP contribution < -0.4 is 5.43 Å². The lowest BCUT2D eigenvalue weighted by Crippen LogP contribution is -2.17. The lowest BCUT2D eigenvalue weighted by atomic mass is 10.2. The fourth-order valence-corrected chi connectivity index (χ4v) is 1.45. The third-order valence-corrected chi connectivity index (χ3v) is 2.28. The second-order valence-corrected chi connectivity index (χ2v) is 3.94. The molecule has 18 heavy (non-hydrogen) atoms. The average Bonchev–Trinajstić information content (AvgIpc) is 2.76. The molecular weight excluding hydrogens is 230 g/mol. The Bertz CT molecular complexity index is 587. The van der Waals surface area contributed by atoms with Gasteiger partial charge in [0.15, 0.2) is 5.69 Å². The van der Waals surface area contributed by atoms with Gasteiger partial charge in [0, 0.05) is 6.07 Å². The molecule has 0 spiro atoms. The van der Waals surface area contributed by atoms with Crippen molar-refractivity contribution >= 4 is 12.1 Å². The highest BCUT2D eigenvalue weighted by molar-refractivity contribution is 5.93. The van der Waals surface area contributed by atoms with Gasteiger partial charge in [-0.25, -0.2) is 5.43 Å². The molecular formula is C13H13N3O2. The Morgan fingerprint density at radius 2 is 2.22 bits per heavy atom. The first-order valence-electron chi connectivity index (χ1n) is 5.48. The van der Waals surface area contributed by atoms with Crippen LogP contribution in [0.15, 0.2) is 40.0 Å². The van der Waals surface area contributed by atoms with Crippen LogP contribution in [0.25, 0.3) is 0 Å². The Balaban J connectivity index is 1.97. The SMILES string of the molecule is Cc1cccc(/C=N/NC(=O)c2cc(C)on2)c1. The number of nitrogens with zero attached hydrogens (tertiary/aromatic N) is 2. The van der Waals surface area contributed by atoms with E-state index in [1.165, 1.54) is 0 Å². The molecule has 0 saturated carbocycles. The van der Waals surface area contributed by atoms with Crippen molar-refractivity contribution in [3.8, 4) is 0 Å². The topological polar surface area (TPSA) is 67.5 Å². The summed E-state index contributed by atoms with van der Waals surface area (Å²) in [6.45, 7) is 3.72. The number of aryl methyl sites for hydroxylation is 2. The Labute approximate surface area is 104 Å². The lowest BCUT2D eigenvalue weighted by molar-refractivity contribution is 0.0946. The molecule has 0 aliphatic carbocycles. The summed E-state index contributed by atoms with van der Waals surface area (Å²) in [5, 5.41) is 7.46. The van der Waals surface area contributed by atoms with Crippen LogP contribution in [0.3, 0.4) is 0 Å². The molecule has 2 aromatic rings. The Morgan fingerprint density at radius 1 is 1.39 bits per heavy atom. The van der Waals surface area contributed by atoms with Gasteiger partial charge in [-0.05, 0) is 19.4 Å². The van der Waals surface area contributed by atoms with Gasteiger partial charge in [-0.3, -0.25) is 4.79 Å². The predicted molar refractivity (Wildman–Crippen MR) is 67.5 cm³/mol. The number of aromatic nitrogens is 1. The molecule has 0 aliphatic rings. The number of nitrogens with one attached hydrogen (secondary N) is 1. The van der Waals surface area contributed by atoms with Crippen molar-refractivity contribution < 1.29 is 9.32 Å². The standard InChI is InChI=1S/C13H13N3O2/c1-9-4-3-5-11(6-9)8-14-15-13(17)12-7-10(2)18-16-12/h3-8H,1-2H3,(H,15,17)/b14-8+. The molecule has 1 aromatic carbocycles. The number of carbonyl (C=O) groups excluding carboxylic acids is 1. The van der Waals surface area contributed by atoms with Crippen molar-refractivity contribution in [1.82, 2.24) is 10.6 Å². The van der Waals surface area contributed by atoms with Gasteiger partial charge in [0.2, 0.25) is 0 Å². The summed E-state index contributed by atoms with van der Waals surface area (Å²) in [5.41, 5.74) is 4.66. The largest absolute Gasteiger partial charge is 0.361 e. The molecule has 1 N–H and O–H groups in total. The highest BCUT2D eigenvalue weighted by Gasteiger charge is 2.08. The van der Waals surface area contributed by atoms with Crippen LogP contribution in [0.1, 0.15) is 27.4 Å². The number of hydrogen-bond donors (Lipinski definition) is 1. The van der Waals surface area contributed by atoms with Gasteiger partial charge in [0.05, 0.1) is 6.21 Å². The van der Waals surface area contributed by atoms with E-state index in [4.69, 9.17) is 4.52 Å². The maximum atomic E-state index is 11.6. The third kappa shape index (κ3) is 3.04. The second kappa shape index (κ2) is 5.27. The van der Waals surface area contributed by atoms with Gasteiger partial charge in [-0.2, -0.15) is 5.10 Å². The van der Waals surface area contributed by atoms with Crippen molar-refractivity contribution in [3.05, 3.63) is 52.9 Å². The zero-order valence-corrected chi connectivity index (χ0v) is 10.2. The summed E-state index contributed by atoms with van der Waals surface area (Å²) in [5.74, 6) is 0.193. The van der Waals surface area contributed by atoms with Crippen LogP contribution in [0.5, 0.6) is 0 Å². The molecule has 0 unspecified atom stereocenters. The zero-order chi connectivity index (χ0) is 13.0. The molecule has 0 fully saturated rings. The lowest BCUT2D eigenvalue weighted by Gasteiger charge is -1.96. The molecule has 2 rings (SSSR count). The van der Waals surface area contributed by atoms with Gasteiger partial charge < -0.3 is 4.52 Å². The molecule has 1 amide bonds. The van der Waals surface area contributed by atoms with E-state index in [1.807, 2.05) is 31.2 Å².